The normalized spacial score (nSPS) is 12.0. The average molecular weight is 378 g/mol. The highest BCUT2D eigenvalue weighted by Gasteiger charge is 2.31. The molecule has 0 saturated heterocycles. The topological polar surface area (TPSA) is 0 Å². The number of nitrogens with zero attached hydrogens (tertiary/aromatic N) is 1. The van der Waals surface area contributed by atoms with Gasteiger partial charge in [0.25, 0.3) is 0 Å². The van der Waals surface area contributed by atoms with E-state index in [9.17, 15) is 0 Å². The van der Waals surface area contributed by atoms with E-state index in [0.29, 0.717) is 6.04 Å². The van der Waals surface area contributed by atoms with Crippen LogP contribution in [-0.4, -0.2) is 17.6 Å². The van der Waals surface area contributed by atoms with Gasteiger partial charge in [0.2, 0.25) is 0 Å². The van der Waals surface area contributed by atoms with Crippen molar-refractivity contribution in [3.05, 3.63) is 120 Å². The van der Waals surface area contributed by atoms with Crippen molar-refractivity contribution in [3.8, 4) is 0 Å². The van der Waals surface area contributed by atoms with Gasteiger partial charge in [-0.3, -0.25) is 0 Å². The molecule has 0 bridgehead atoms. The van der Waals surface area contributed by atoms with Gasteiger partial charge in [-0.1, -0.05) is 97.6 Å². The average Bonchev–Trinajstić information content (AvgIpc) is 2.68. The highest BCUT2D eigenvalue weighted by molar-refractivity contribution is 5.18. The summed E-state index contributed by atoms with van der Waals surface area (Å²) < 4.78 is 0.909. The van der Waals surface area contributed by atoms with E-state index < -0.39 is 0 Å². The molecule has 1 unspecified atom stereocenters. The van der Waals surface area contributed by atoms with E-state index >= 15 is 0 Å². The quantitative estimate of drug-likeness (QED) is 0.418. The summed E-state index contributed by atoms with van der Waals surface area (Å²) in [5, 5.41) is 0. The lowest BCUT2D eigenvalue weighted by atomic mass is 10.00. The Morgan fingerprint density at radius 1 is 0.704 bits per heavy atom. The summed E-state index contributed by atoms with van der Waals surface area (Å²) in [5.74, 6) is 0. The molecule has 27 heavy (non-hydrogen) atoms. The Kier molecular flexibility index (Phi) is 7.84. The van der Waals surface area contributed by atoms with Gasteiger partial charge < -0.3 is 16.9 Å². The summed E-state index contributed by atoms with van der Waals surface area (Å²) in [5.41, 5.74) is 4.10. The van der Waals surface area contributed by atoms with Crippen molar-refractivity contribution < 1.29 is 16.9 Å². The second kappa shape index (κ2) is 10.1. The molecule has 3 rings (SSSR count). The van der Waals surface area contributed by atoms with Crippen LogP contribution < -0.4 is 12.4 Å². The molecule has 0 radical (unpaired) electrons. The van der Waals surface area contributed by atoms with Gasteiger partial charge in [0, 0.05) is 17.5 Å². The van der Waals surface area contributed by atoms with Crippen molar-refractivity contribution in [3.63, 3.8) is 0 Å². The van der Waals surface area contributed by atoms with Crippen molar-refractivity contribution in [1.29, 1.82) is 0 Å². The molecule has 0 saturated carbocycles. The Morgan fingerprint density at radius 2 is 1.07 bits per heavy atom. The van der Waals surface area contributed by atoms with Crippen LogP contribution >= 0.6 is 0 Å². The molecule has 3 aromatic rings. The third-order valence-electron chi connectivity index (χ3n) is 5.13. The van der Waals surface area contributed by atoms with Crippen LogP contribution in [0.3, 0.4) is 0 Å². The number of benzene rings is 3. The van der Waals surface area contributed by atoms with Gasteiger partial charge in [-0.15, -0.1) is 0 Å². The molecule has 0 spiro atoms. The van der Waals surface area contributed by atoms with Crippen molar-refractivity contribution in [1.82, 2.24) is 0 Å². The molecule has 0 N–H and O–H groups in total. The predicted molar refractivity (Wildman–Crippen MR) is 111 cm³/mol. The molecule has 140 valence electrons. The second-order valence-electron chi connectivity index (χ2n) is 7.26. The minimum Gasteiger partial charge on any atom is -1.00 e. The van der Waals surface area contributed by atoms with Gasteiger partial charge in [-0.25, -0.2) is 0 Å². The molecule has 0 aliphatic heterocycles. The van der Waals surface area contributed by atoms with E-state index in [1.807, 2.05) is 0 Å². The zero-order chi connectivity index (χ0) is 18.2. The Morgan fingerprint density at radius 3 is 1.44 bits per heavy atom. The number of likely N-dealkylation sites (N-methyl/N-ethyl adjacent to an activating group) is 1. The van der Waals surface area contributed by atoms with Crippen LogP contribution in [0.15, 0.2) is 104 Å². The van der Waals surface area contributed by atoms with E-state index in [4.69, 9.17) is 0 Å². The van der Waals surface area contributed by atoms with Gasteiger partial charge in [0.1, 0.15) is 19.1 Å². The third kappa shape index (κ3) is 5.82. The molecule has 3 aromatic carbocycles. The molecule has 1 atom stereocenters. The molecular formula is C25H28ClN. The maximum Gasteiger partial charge on any atom is 0.112 e. The summed E-state index contributed by atoms with van der Waals surface area (Å²) in [6, 6.07) is 32.7. The molecule has 1 nitrogen and oxygen atoms in total. The molecule has 0 aliphatic carbocycles. The van der Waals surface area contributed by atoms with Crippen molar-refractivity contribution in [2.75, 3.05) is 7.05 Å². The van der Waals surface area contributed by atoms with Crippen LogP contribution in [0.2, 0.25) is 0 Å². The largest absolute Gasteiger partial charge is 1.00 e. The first-order chi connectivity index (χ1) is 12.7. The Balaban J connectivity index is 0.00000261. The first-order valence-electron chi connectivity index (χ1n) is 9.28. The van der Waals surface area contributed by atoms with Gasteiger partial charge in [-0.05, 0) is 11.6 Å². The van der Waals surface area contributed by atoms with Crippen molar-refractivity contribution in [2.24, 2.45) is 0 Å². The highest BCUT2D eigenvalue weighted by Crippen LogP contribution is 2.25. The smallest absolute Gasteiger partial charge is 0.112 e. The number of hydrogen-bond acceptors (Lipinski definition) is 0. The molecule has 0 aliphatic rings. The van der Waals surface area contributed by atoms with Gasteiger partial charge in [0.05, 0.1) is 7.05 Å². The third-order valence-corrected chi connectivity index (χ3v) is 5.13. The molecule has 0 fully saturated rings. The molecule has 0 amide bonds. The summed E-state index contributed by atoms with van der Waals surface area (Å²) in [6.07, 6.45) is 3.14. The first-order valence-corrected chi connectivity index (χ1v) is 9.28. The number of quaternary nitrogens is 1. The molecule has 0 heterocycles. The van der Waals surface area contributed by atoms with E-state index in [-0.39, 0.29) is 12.4 Å². The monoisotopic (exact) mass is 377 g/mol. The van der Waals surface area contributed by atoms with Crippen LogP contribution in [-0.2, 0) is 19.5 Å². The zero-order valence-corrected chi connectivity index (χ0v) is 16.7. The molecule has 2 heteroatoms. The van der Waals surface area contributed by atoms with E-state index in [1.165, 1.54) is 16.7 Å². The van der Waals surface area contributed by atoms with Gasteiger partial charge in [0.15, 0.2) is 0 Å². The van der Waals surface area contributed by atoms with Crippen molar-refractivity contribution >= 4 is 0 Å². The summed E-state index contributed by atoms with van der Waals surface area (Å²) in [4.78, 5) is 0. The minimum atomic E-state index is 0. The number of hydrogen-bond donors (Lipinski definition) is 0. The van der Waals surface area contributed by atoms with E-state index in [2.05, 4.69) is 111 Å². The fourth-order valence-corrected chi connectivity index (χ4v) is 3.71. The van der Waals surface area contributed by atoms with Crippen LogP contribution in [0.25, 0.3) is 0 Å². The van der Waals surface area contributed by atoms with Crippen LogP contribution in [0.4, 0.5) is 0 Å². The summed E-state index contributed by atoms with van der Waals surface area (Å²) >= 11 is 0. The lowest BCUT2D eigenvalue weighted by Crippen LogP contribution is -3.00. The SMILES string of the molecule is C=CC(Cc1ccccc1)[N+](C)(Cc1ccccc1)Cc1ccccc1.[Cl-]. The first kappa shape index (κ1) is 21.0. The van der Waals surface area contributed by atoms with Crippen LogP contribution in [0.1, 0.15) is 16.7 Å². The lowest BCUT2D eigenvalue weighted by Gasteiger charge is -2.41. The maximum atomic E-state index is 4.19. The second-order valence-corrected chi connectivity index (χ2v) is 7.26. The Hall–Kier alpha value is -2.35. The molecular weight excluding hydrogens is 350 g/mol. The molecule has 0 aromatic heterocycles. The highest BCUT2D eigenvalue weighted by atomic mass is 35.5. The van der Waals surface area contributed by atoms with Crippen LogP contribution in [0.5, 0.6) is 0 Å². The summed E-state index contributed by atoms with van der Waals surface area (Å²) in [6.45, 7) is 6.16. The van der Waals surface area contributed by atoms with Crippen LogP contribution in [0, 0.1) is 0 Å². The van der Waals surface area contributed by atoms with Gasteiger partial charge >= 0.3 is 0 Å². The van der Waals surface area contributed by atoms with Gasteiger partial charge in [-0.2, -0.15) is 0 Å². The fourth-order valence-electron chi connectivity index (χ4n) is 3.71. The van der Waals surface area contributed by atoms with Crippen molar-refractivity contribution in [2.45, 2.75) is 25.6 Å². The maximum absolute atomic E-state index is 4.19. The lowest BCUT2D eigenvalue weighted by molar-refractivity contribution is -0.952. The fraction of sp³-hybridized carbons (Fsp3) is 0.200. The Bertz CT molecular complexity index is 758. The number of halogens is 1. The standard InChI is InChI=1S/C25H28N.ClH/c1-3-25(19-22-13-7-4-8-14-22)26(2,20-23-15-9-5-10-16-23)21-24-17-11-6-12-18-24;/h3-18,25H,1,19-21H2,2H3;1H/q+1;/p-1. The zero-order valence-electron chi connectivity index (χ0n) is 16.0. The minimum absolute atomic E-state index is 0. The Labute approximate surface area is 170 Å². The summed E-state index contributed by atoms with van der Waals surface area (Å²) in [7, 11) is 2.36. The van der Waals surface area contributed by atoms with E-state index in [1.54, 1.807) is 0 Å². The number of rotatable bonds is 8. The van der Waals surface area contributed by atoms with E-state index in [0.717, 1.165) is 24.0 Å². The predicted octanol–water partition coefficient (Wildman–Crippen LogP) is 2.63.